The van der Waals surface area contributed by atoms with Crippen LogP contribution >= 0.6 is 0 Å². The average molecular weight is 344 g/mol. The van der Waals surface area contributed by atoms with Crippen LogP contribution in [0.15, 0.2) is 4.99 Å². The van der Waals surface area contributed by atoms with E-state index in [9.17, 15) is 19.7 Å². The van der Waals surface area contributed by atoms with Gasteiger partial charge >= 0.3 is 0 Å². The summed E-state index contributed by atoms with van der Waals surface area (Å²) in [4.78, 5) is 38.3. The zero-order valence-corrected chi connectivity index (χ0v) is 14.7. The number of carbonyl (C=O) groups is 2. The third-order valence-corrected chi connectivity index (χ3v) is 3.61. The Labute approximate surface area is 141 Å². The molecule has 0 spiro atoms. The third kappa shape index (κ3) is 8.30. The maximum absolute atomic E-state index is 12.3. The lowest BCUT2D eigenvalue weighted by atomic mass is 9.88. The molecule has 0 saturated carbocycles. The van der Waals surface area contributed by atoms with E-state index in [1.54, 1.807) is 12.3 Å². The number of hydrogen-bond acceptors (Lipinski definition) is 5. The Morgan fingerprint density at radius 1 is 1.33 bits per heavy atom. The molecule has 0 aromatic heterocycles. The van der Waals surface area contributed by atoms with E-state index in [0.29, 0.717) is 25.8 Å². The predicted octanol–water partition coefficient (Wildman–Crippen LogP) is -0.0803. The van der Waals surface area contributed by atoms with Crippen molar-refractivity contribution in [2.75, 3.05) is 13.1 Å². The summed E-state index contributed by atoms with van der Waals surface area (Å²) >= 11 is 0. The van der Waals surface area contributed by atoms with Crippen LogP contribution in [0.3, 0.4) is 0 Å². The van der Waals surface area contributed by atoms with Crippen LogP contribution in [0.5, 0.6) is 0 Å². The van der Waals surface area contributed by atoms with E-state index in [1.165, 1.54) is 0 Å². The Morgan fingerprint density at radius 3 is 2.46 bits per heavy atom. The van der Waals surface area contributed by atoms with Crippen molar-refractivity contribution in [1.82, 2.24) is 16.1 Å². The Bertz CT molecular complexity index is 478. The fraction of sp³-hybridized carbons (Fsp3) is 0.786. The van der Waals surface area contributed by atoms with Gasteiger partial charge in [0.2, 0.25) is 11.8 Å². The molecule has 2 amide bonds. The van der Waals surface area contributed by atoms with Gasteiger partial charge in [0.15, 0.2) is 5.03 Å². The highest BCUT2D eigenvalue weighted by molar-refractivity contribution is 5.89. The first-order valence-electron chi connectivity index (χ1n) is 7.93. The molecule has 0 aromatic carbocycles. The van der Waals surface area contributed by atoms with Crippen LogP contribution in [0, 0.1) is 15.5 Å². The Balaban J connectivity index is 4.66. The van der Waals surface area contributed by atoms with Crippen LogP contribution in [-0.4, -0.2) is 41.9 Å². The zero-order valence-electron chi connectivity index (χ0n) is 14.7. The molecular weight excluding hydrogens is 316 g/mol. The Kier molecular flexibility index (Phi) is 9.36. The molecule has 1 atom stereocenters. The summed E-state index contributed by atoms with van der Waals surface area (Å²) in [5.41, 5.74) is 6.47. The molecule has 0 aliphatic carbocycles. The predicted molar refractivity (Wildman–Crippen MR) is 90.5 cm³/mol. The minimum atomic E-state index is -0.802. The van der Waals surface area contributed by atoms with E-state index in [2.05, 4.69) is 15.6 Å². The smallest absolute Gasteiger partial charge is 0.251 e. The molecule has 5 N–H and O–H groups in total. The molecule has 0 bridgehead atoms. The SMILES string of the molecule is CCNC(=O)[C@H](CCCN=C(N)N[N+](=O)[O-])NC(=O)C(C)(C)CC. The van der Waals surface area contributed by atoms with Crippen LogP contribution < -0.4 is 21.8 Å². The summed E-state index contributed by atoms with van der Waals surface area (Å²) in [5.74, 6) is -0.761. The van der Waals surface area contributed by atoms with E-state index in [4.69, 9.17) is 5.73 Å². The molecule has 0 aliphatic heterocycles. The normalized spacial score (nSPS) is 13.1. The molecular formula is C14H28N6O4. The molecule has 0 fully saturated rings. The van der Waals surface area contributed by atoms with Crippen molar-refractivity contribution in [3.05, 3.63) is 10.1 Å². The zero-order chi connectivity index (χ0) is 18.8. The molecule has 138 valence electrons. The van der Waals surface area contributed by atoms with Crippen LogP contribution in [0.4, 0.5) is 0 Å². The molecule has 0 rings (SSSR count). The van der Waals surface area contributed by atoms with Crippen molar-refractivity contribution in [1.29, 1.82) is 0 Å². The van der Waals surface area contributed by atoms with Crippen LogP contribution in [0.25, 0.3) is 0 Å². The van der Waals surface area contributed by atoms with Crippen molar-refractivity contribution in [2.45, 2.75) is 53.0 Å². The number of rotatable bonds is 10. The number of hydrazine groups is 1. The van der Waals surface area contributed by atoms with E-state index in [0.717, 1.165) is 0 Å². The van der Waals surface area contributed by atoms with Crippen molar-refractivity contribution in [3.63, 3.8) is 0 Å². The maximum atomic E-state index is 12.3. The number of nitrogens with zero attached hydrogens (tertiary/aromatic N) is 2. The number of nitro groups is 1. The lowest BCUT2D eigenvalue weighted by molar-refractivity contribution is -0.525. The Morgan fingerprint density at radius 2 is 1.96 bits per heavy atom. The van der Waals surface area contributed by atoms with Gasteiger partial charge < -0.3 is 16.4 Å². The highest BCUT2D eigenvalue weighted by Gasteiger charge is 2.29. The van der Waals surface area contributed by atoms with Gasteiger partial charge in [-0.25, -0.2) is 15.1 Å². The van der Waals surface area contributed by atoms with Gasteiger partial charge in [-0.05, 0) is 26.2 Å². The fourth-order valence-corrected chi connectivity index (χ4v) is 1.70. The summed E-state index contributed by atoms with van der Waals surface area (Å²) in [6.07, 6.45) is 1.44. The Hall–Kier alpha value is -2.39. The van der Waals surface area contributed by atoms with Crippen molar-refractivity contribution >= 4 is 17.8 Å². The number of carbonyl (C=O) groups excluding carboxylic acids is 2. The molecule has 0 aliphatic rings. The number of aliphatic imine (C=N–C) groups is 1. The second kappa shape index (κ2) is 10.4. The highest BCUT2D eigenvalue weighted by atomic mass is 16.7. The average Bonchev–Trinajstić information content (AvgIpc) is 2.49. The summed E-state index contributed by atoms with van der Waals surface area (Å²) in [7, 11) is 0. The number of guanidine groups is 1. The number of amides is 2. The van der Waals surface area contributed by atoms with Gasteiger partial charge in [-0.15, -0.1) is 0 Å². The van der Waals surface area contributed by atoms with E-state index in [1.807, 2.05) is 20.8 Å². The van der Waals surface area contributed by atoms with Crippen LogP contribution in [-0.2, 0) is 9.59 Å². The third-order valence-electron chi connectivity index (χ3n) is 3.61. The second-order valence-corrected chi connectivity index (χ2v) is 5.94. The number of nitrogens with one attached hydrogen (secondary N) is 3. The first kappa shape index (κ1) is 21.6. The number of hydrogen-bond donors (Lipinski definition) is 4. The number of nitrogens with two attached hydrogens (primary N) is 1. The summed E-state index contributed by atoms with van der Waals surface area (Å²) in [5, 5.41) is 14.8. The monoisotopic (exact) mass is 344 g/mol. The maximum Gasteiger partial charge on any atom is 0.251 e. The molecule has 0 saturated heterocycles. The van der Waals surface area contributed by atoms with E-state index in [-0.39, 0.29) is 24.3 Å². The van der Waals surface area contributed by atoms with Gasteiger partial charge in [-0.3, -0.25) is 9.59 Å². The summed E-state index contributed by atoms with van der Waals surface area (Å²) in [6, 6.07) is -0.678. The van der Waals surface area contributed by atoms with E-state index >= 15 is 0 Å². The van der Waals surface area contributed by atoms with Crippen LogP contribution in [0.2, 0.25) is 0 Å². The minimum Gasteiger partial charge on any atom is -0.365 e. The first-order valence-corrected chi connectivity index (χ1v) is 7.93. The largest absolute Gasteiger partial charge is 0.365 e. The number of likely N-dealkylation sites (N-methyl/N-ethyl adjacent to an activating group) is 1. The van der Waals surface area contributed by atoms with Gasteiger partial charge in [0.25, 0.3) is 5.96 Å². The lowest BCUT2D eigenvalue weighted by Crippen LogP contribution is -2.50. The molecule has 0 aromatic rings. The van der Waals surface area contributed by atoms with Gasteiger partial charge in [-0.1, -0.05) is 26.2 Å². The molecule has 0 radical (unpaired) electrons. The fourth-order valence-electron chi connectivity index (χ4n) is 1.70. The molecule has 10 nitrogen and oxygen atoms in total. The summed E-state index contributed by atoms with van der Waals surface area (Å²) < 4.78 is 0. The lowest BCUT2D eigenvalue weighted by Gasteiger charge is -2.25. The molecule has 10 heteroatoms. The standard InChI is InChI=1S/C14H28N6O4/c1-5-14(3,4)12(22)18-10(11(21)16-6-2)8-7-9-17-13(15)19-20(23)24/h10H,5-9H2,1-4H3,(H,16,21)(H,18,22)(H3,15,17,19)/t10-/m0/s1. The van der Waals surface area contributed by atoms with Gasteiger partial charge in [-0.2, -0.15) is 0 Å². The molecule has 0 heterocycles. The van der Waals surface area contributed by atoms with Crippen molar-refractivity contribution < 1.29 is 14.6 Å². The van der Waals surface area contributed by atoms with Gasteiger partial charge in [0.05, 0.1) is 0 Å². The first-order chi connectivity index (χ1) is 11.1. The molecule has 0 unspecified atom stereocenters. The van der Waals surface area contributed by atoms with Crippen LogP contribution in [0.1, 0.15) is 47.0 Å². The van der Waals surface area contributed by atoms with E-state index < -0.39 is 16.5 Å². The van der Waals surface area contributed by atoms with Crippen molar-refractivity contribution in [2.24, 2.45) is 16.1 Å². The van der Waals surface area contributed by atoms with Gasteiger partial charge in [0, 0.05) is 18.5 Å². The molecule has 24 heavy (non-hydrogen) atoms. The minimum absolute atomic E-state index is 0.195. The highest BCUT2D eigenvalue weighted by Crippen LogP contribution is 2.20. The van der Waals surface area contributed by atoms with Crippen molar-refractivity contribution in [3.8, 4) is 0 Å². The van der Waals surface area contributed by atoms with Gasteiger partial charge in [0.1, 0.15) is 6.04 Å². The summed E-state index contributed by atoms with van der Waals surface area (Å²) in [6.45, 7) is 7.98. The second-order valence-electron chi connectivity index (χ2n) is 5.94. The quantitative estimate of drug-likeness (QED) is 0.143. The topological polar surface area (TPSA) is 152 Å².